The molecule has 31 heavy (non-hydrogen) atoms. The molecule has 1 saturated heterocycles. The molecule has 2 aromatic carbocycles. The lowest BCUT2D eigenvalue weighted by Crippen LogP contribution is -2.40. The van der Waals surface area contributed by atoms with E-state index in [4.69, 9.17) is 10.5 Å². The first-order valence-electron chi connectivity index (χ1n) is 9.90. The highest BCUT2D eigenvalue weighted by atomic mass is 19.1. The van der Waals surface area contributed by atoms with Crippen molar-refractivity contribution in [1.82, 2.24) is 14.9 Å². The van der Waals surface area contributed by atoms with Gasteiger partial charge in [-0.1, -0.05) is 12.1 Å². The smallest absolute Gasteiger partial charge is 0.254 e. The monoisotopic (exact) mass is 418 g/mol. The molecule has 0 atom stereocenters. The summed E-state index contributed by atoms with van der Waals surface area (Å²) in [7, 11) is 0. The van der Waals surface area contributed by atoms with Crippen LogP contribution < -0.4 is 5.73 Å². The zero-order valence-corrected chi connectivity index (χ0v) is 16.5. The molecule has 2 amide bonds. The fraction of sp³-hybridized carbons (Fsp3) is 0.174. The van der Waals surface area contributed by atoms with Crippen LogP contribution in [0.3, 0.4) is 0 Å². The number of primary amides is 1. The zero-order chi connectivity index (χ0) is 21.5. The van der Waals surface area contributed by atoms with Crippen molar-refractivity contribution in [3.05, 3.63) is 65.5 Å². The van der Waals surface area contributed by atoms with E-state index in [-0.39, 0.29) is 11.5 Å². The molecule has 0 spiro atoms. The molecule has 4 aromatic rings. The summed E-state index contributed by atoms with van der Waals surface area (Å²) in [6.07, 6.45) is 0. The van der Waals surface area contributed by atoms with E-state index in [1.807, 2.05) is 0 Å². The zero-order valence-electron chi connectivity index (χ0n) is 16.5. The number of aromatic nitrogens is 2. The molecule has 1 fully saturated rings. The van der Waals surface area contributed by atoms with Gasteiger partial charge in [0.2, 0.25) is 0 Å². The Balaban J connectivity index is 1.66. The molecule has 8 heteroatoms. The molecule has 0 bridgehead atoms. The average molecular weight is 418 g/mol. The molecular formula is C23H19FN4O3. The van der Waals surface area contributed by atoms with Gasteiger partial charge < -0.3 is 20.4 Å². The highest BCUT2D eigenvalue weighted by molar-refractivity contribution is 6.14. The van der Waals surface area contributed by atoms with Gasteiger partial charge in [0.15, 0.2) is 0 Å². The number of benzene rings is 2. The fourth-order valence-corrected chi connectivity index (χ4v) is 3.93. The van der Waals surface area contributed by atoms with Gasteiger partial charge in [-0.15, -0.1) is 0 Å². The Hall–Kier alpha value is -3.78. The maximum absolute atomic E-state index is 13.7. The predicted octanol–water partition coefficient (Wildman–Crippen LogP) is 3.09. The van der Waals surface area contributed by atoms with E-state index < -0.39 is 11.7 Å². The third-order valence-electron chi connectivity index (χ3n) is 5.48. The summed E-state index contributed by atoms with van der Waals surface area (Å²) in [6, 6.07) is 12.8. The van der Waals surface area contributed by atoms with Gasteiger partial charge in [0.25, 0.3) is 11.8 Å². The second-order valence-corrected chi connectivity index (χ2v) is 7.44. The van der Waals surface area contributed by atoms with Crippen LogP contribution in [0.2, 0.25) is 0 Å². The quantitative estimate of drug-likeness (QED) is 0.534. The number of morpholine rings is 1. The number of nitrogens with two attached hydrogens (primary N) is 1. The van der Waals surface area contributed by atoms with E-state index in [9.17, 15) is 14.0 Å². The number of carbonyl (C=O) groups excluding carboxylic acids is 2. The minimum Gasteiger partial charge on any atom is -0.378 e. The van der Waals surface area contributed by atoms with Crippen molar-refractivity contribution in [3.63, 3.8) is 0 Å². The minimum absolute atomic E-state index is 0.0765. The number of amides is 2. The van der Waals surface area contributed by atoms with Gasteiger partial charge >= 0.3 is 0 Å². The van der Waals surface area contributed by atoms with Crippen molar-refractivity contribution in [1.29, 1.82) is 0 Å². The molecule has 1 aliphatic heterocycles. The van der Waals surface area contributed by atoms with E-state index in [0.29, 0.717) is 59.7 Å². The van der Waals surface area contributed by atoms with E-state index in [2.05, 4.69) is 9.97 Å². The fourth-order valence-electron chi connectivity index (χ4n) is 3.93. The summed E-state index contributed by atoms with van der Waals surface area (Å²) in [5.41, 5.74) is 9.08. The third kappa shape index (κ3) is 3.40. The van der Waals surface area contributed by atoms with Crippen LogP contribution in [0.1, 0.15) is 20.7 Å². The van der Waals surface area contributed by atoms with E-state index >= 15 is 0 Å². The van der Waals surface area contributed by atoms with Gasteiger partial charge in [0.1, 0.15) is 5.82 Å². The van der Waals surface area contributed by atoms with Crippen molar-refractivity contribution >= 4 is 33.8 Å². The Morgan fingerprint density at radius 2 is 1.90 bits per heavy atom. The van der Waals surface area contributed by atoms with Crippen LogP contribution in [0, 0.1) is 5.82 Å². The van der Waals surface area contributed by atoms with Gasteiger partial charge in [-0.3, -0.25) is 9.59 Å². The number of aromatic amines is 1. The Morgan fingerprint density at radius 3 is 2.65 bits per heavy atom. The molecule has 0 saturated carbocycles. The number of hydrogen-bond acceptors (Lipinski definition) is 4. The van der Waals surface area contributed by atoms with Crippen molar-refractivity contribution < 1.29 is 18.7 Å². The summed E-state index contributed by atoms with van der Waals surface area (Å²) in [5, 5.41) is 0.745. The van der Waals surface area contributed by atoms with Crippen LogP contribution in [-0.2, 0) is 4.74 Å². The Morgan fingerprint density at radius 1 is 1.10 bits per heavy atom. The number of carbonyl (C=O) groups is 2. The van der Waals surface area contributed by atoms with Crippen LogP contribution in [0.15, 0.2) is 48.5 Å². The number of nitrogens with zero attached hydrogens (tertiary/aromatic N) is 2. The second-order valence-electron chi connectivity index (χ2n) is 7.44. The van der Waals surface area contributed by atoms with Gasteiger partial charge in [-0.25, -0.2) is 9.37 Å². The van der Waals surface area contributed by atoms with Gasteiger partial charge in [-0.05, 0) is 36.4 Å². The largest absolute Gasteiger partial charge is 0.378 e. The average Bonchev–Trinajstić information content (AvgIpc) is 3.16. The van der Waals surface area contributed by atoms with Crippen molar-refractivity contribution in [2.45, 2.75) is 0 Å². The van der Waals surface area contributed by atoms with Crippen LogP contribution in [0.5, 0.6) is 0 Å². The maximum Gasteiger partial charge on any atom is 0.254 e. The Labute approximate surface area is 176 Å². The molecular weight excluding hydrogens is 399 g/mol. The van der Waals surface area contributed by atoms with Crippen LogP contribution in [0.4, 0.5) is 4.39 Å². The first-order chi connectivity index (χ1) is 15.0. The standard InChI is InChI=1S/C23H19FN4O3/c24-15-3-1-2-13(10-15)18-12-17(22(25)29)21-20(26-18)16-5-4-14(11-19(16)27-21)23(30)28-6-8-31-9-7-28/h1-5,10-12,27H,6-9H2,(H2,25,29). The number of nitrogens with one attached hydrogen (secondary N) is 1. The topological polar surface area (TPSA) is 101 Å². The van der Waals surface area contributed by atoms with Crippen molar-refractivity contribution in [2.24, 2.45) is 5.73 Å². The summed E-state index contributed by atoms with van der Waals surface area (Å²) >= 11 is 0. The highest BCUT2D eigenvalue weighted by Gasteiger charge is 2.21. The van der Waals surface area contributed by atoms with E-state index in [1.165, 1.54) is 12.1 Å². The molecule has 0 aliphatic carbocycles. The van der Waals surface area contributed by atoms with Gasteiger partial charge in [0, 0.05) is 35.1 Å². The molecule has 3 heterocycles. The number of hydrogen-bond donors (Lipinski definition) is 2. The molecule has 5 rings (SSSR count). The van der Waals surface area contributed by atoms with Crippen molar-refractivity contribution in [2.75, 3.05) is 26.3 Å². The molecule has 7 nitrogen and oxygen atoms in total. The summed E-state index contributed by atoms with van der Waals surface area (Å²) < 4.78 is 19.0. The second kappa shape index (κ2) is 7.48. The number of ether oxygens (including phenoxy) is 1. The lowest BCUT2D eigenvalue weighted by atomic mass is 10.1. The number of pyridine rings is 1. The molecule has 2 aromatic heterocycles. The SMILES string of the molecule is NC(=O)c1cc(-c2cccc(F)c2)nc2c1[nH]c1cc(C(=O)N3CCOCC3)ccc12. The van der Waals surface area contributed by atoms with Crippen LogP contribution >= 0.6 is 0 Å². The van der Waals surface area contributed by atoms with Crippen molar-refractivity contribution in [3.8, 4) is 11.3 Å². The van der Waals surface area contributed by atoms with Gasteiger partial charge in [0.05, 0.1) is 35.5 Å². The summed E-state index contributed by atoms with van der Waals surface area (Å²) in [6.45, 7) is 2.14. The van der Waals surface area contributed by atoms with E-state index in [1.54, 1.807) is 41.3 Å². The Bertz CT molecular complexity index is 1340. The van der Waals surface area contributed by atoms with Gasteiger partial charge in [-0.2, -0.15) is 0 Å². The lowest BCUT2D eigenvalue weighted by molar-refractivity contribution is 0.0303. The van der Waals surface area contributed by atoms with Crippen LogP contribution in [0.25, 0.3) is 33.2 Å². The molecule has 156 valence electrons. The third-order valence-corrected chi connectivity index (χ3v) is 5.48. The highest BCUT2D eigenvalue weighted by Crippen LogP contribution is 2.31. The lowest BCUT2D eigenvalue weighted by Gasteiger charge is -2.26. The number of H-pyrrole nitrogens is 1. The maximum atomic E-state index is 13.7. The molecule has 0 unspecified atom stereocenters. The summed E-state index contributed by atoms with van der Waals surface area (Å²) in [4.78, 5) is 34.6. The predicted molar refractivity (Wildman–Crippen MR) is 114 cm³/mol. The first-order valence-corrected chi connectivity index (χ1v) is 9.90. The molecule has 0 radical (unpaired) electrons. The van der Waals surface area contributed by atoms with Crippen LogP contribution in [-0.4, -0.2) is 53.0 Å². The van der Waals surface area contributed by atoms with E-state index in [0.717, 1.165) is 5.39 Å². The first kappa shape index (κ1) is 19.2. The number of halogens is 1. The summed E-state index contributed by atoms with van der Waals surface area (Å²) in [5.74, 6) is -1.10. The molecule has 3 N–H and O–H groups in total. The number of rotatable bonds is 3. The normalized spacial score (nSPS) is 14.3. The Kier molecular flexibility index (Phi) is 4.63. The number of fused-ring (bicyclic) bond motifs is 3. The minimum atomic E-state index is -0.624. The molecule has 1 aliphatic rings.